The predicted octanol–water partition coefficient (Wildman–Crippen LogP) is 4.31. The van der Waals surface area contributed by atoms with Crippen molar-refractivity contribution in [3.05, 3.63) is 48.5 Å². The summed E-state index contributed by atoms with van der Waals surface area (Å²) < 4.78 is 11.2. The van der Waals surface area contributed by atoms with Crippen molar-refractivity contribution >= 4 is 17.3 Å². The molecule has 134 valence electrons. The van der Waals surface area contributed by atoms with Crippen LogP contribution in [0.5, 0.6) is 11.5 Å². The molecule has 0 aliphatic rings. The van der Waals surface area contributed by atoms with Crippen LogP contribution in [0.3, 0.4) is 0 Å². The van der Waals surface area contributed by atoms with Crippen LogP contribution in [0.2, 0.25) is 0 Å². The summed E-state index contributed by atoms with van der Waals surface area (Å²) in [6, 6.07) is 14.9. The molecular weight excluding hydrogens is 316 g/mol. The van der Waals surface area contributed by atoms with Crippen LogP contribution in [0.25, 0.3) is 0 Å². The molecule has 0 saturated carbocycles. The van der Waals surface area contributed by atoms with E-state index >= 15 is 0 Å². The molecule has 2 aromatic rings. The van der Waals surface area contributed by atoms with Crippen LogP contribution in [0.15, 0.2) is 48.5 Å². The predicted molar refractivity (Wildman–Crippen MR) is 102 cm³/mol. The fourth-order valence-corrected chi connectivity index (χ4v) is 2.19. The van der Waals surface area contributed by atoms with Crippen molar-refractivity contribution in [2.24, 2.45) is 0 Å². The van der Waals surface area contributed by atoms with E-state index < -0.39 is 0 Å². The van der Waals surface area contributed by atoms with Crippen LogP contribution < -0.4 is 20.1 Å². The molecule has 5 heteroatoms. The fourth-order valence-electron chi connectivity index (χ4n) is 2.19. The molecule has 0 unspecified atom stereocenters. The Labute approximate surface area is 149 Å². The van der Waals surface area contributed by atoms with Crippen LogP contribution >= 0.6 is 0 Å². The Kier molecular flexibility index (Phi) is 7.14. The van der Waals surface area contributed by atoms with E-state index in [1.165, 1.54) is 0 Å². The van der Waals surface area contributed by atoms with Gasteiger partial charge in [0.05, 0.1) is 19.3 Å². The van der Waals surface area contributed by atoms with Crippen molar-refractivity contribution in [2.45, 2.75) is 33.3 Å². The highest BCUT2D eigenvalue weighted by molar-refractivity contribution is 5.93. The van der Waals surface area contributed by atoms with Gasteiger partial charge in [0.2, 0.25) is 5.91 Å². The molecule has 0 spiro atoms. The van der Waals surface area contributed by atoms with E-state index in [4.69, 9.17) is 9.47 Å². The lowest BCUT2D eigenvalue weighted by atomic mass is 10.3. The van der Waals surface area contributed by atoms with Gasteiger partial charge in [0.25, 0.3) is 0 Å². The fraction of sp³-hybridized carbons (Fsp3) is 0.350. The molecule has 0 aliphatic heterocycles. The molecule has 0 heterocycles. The molecule has 5 nitrogen and oxygen atoms in total. The quantitative estimate of drug-likeness (QED) is 0.713. The van der Waals surface area contributed by atoms with E-state index in [2.05, 4.69) is 17.6 Å². The number of benzene rings is 2. The Bertz CT molecular complexity index is 669. The van der Waals surface area contributed by atoms with E-state index in [1.54, 1.807) is 0 Å². The van der Waals surface area contributed by atoms with Crippen molar-refractivity contribution in [3.8, 4) is 11.5 Å². The Morgan fingerprint density at radius 1 is 1.04 bits per heavy atom. The zero-order chi connectivity index (χ0) is 18.1. The Hall–Kier alpha value is -2.69. The Morgan fingerprint density at radius 2 is 1.80 bits per heavy atom. The lowest BCUT2D eigenvalue weighted by Gasteiger charge is -2.11. The summed E-state index contributed by atoms with van der Waals surface area (Å²) >= 11 is 0. The van der Waals surface area contributed by atoms with Gasteiger partial charge in [0, 0.05) is 17.4 Å². The third kappa shape index (κ3) is 6.75. The maximum atomic E-state index is 12.1. The van der Waals surface area contributed by atoms with Gasteiger partial charge in [-0.15, -0.1) is 0 Å². The highest BCUT2D eigenvalue weighted by Crippen LogP contribution is 2.18. The molecule has 0 saturated heterocycles. The summed E-state index contributed by atoms with van der Waals surface area (Å²) in [7, 11) is 0. The maximum absolute atomic E-state index is 12.1. The smallest absolute Gasteiger partial charge is 0.243 e. The van der Waals surface area contributed by atoms with Crippen LogP contribution in [0.4, 0.5) is 11.4 Å². The molecule has 0 radical (unpaired) electrons. The van der Waals surface area contributed by atoms with Crippen LogP contribution in [-0.2, 0) is 4.79 Å². The first kappa shape index (κ1) is 18.6. The third-order valence-corrected chi connectivity index (χ3v) is 3.27. The summed E-state index contributed by atoms with van der Waals surface area (Å²) in [6.45, 7) is 6.88. The summed E-state index contributed by atoms with van der Waals surface area (Å²) in [5, 5.41) is 5.96. The Morgan fingerprint density at radius 3 is 2.48 bits per heavy atom. The molecule has 2 N–H and O–H groups in total. The molecule has 25 heavy (non-hydrogen) atoms. The number of ether oxygens (including phenoxy) is 2. The van der Waals surface area contributed by atoms with Gasteiger partial charge in [0.15, 0.2) is 0 Å². The molecule has 0 bridgehead atoms. The van der Waals surface area contributed by atoms with Gasteiger partial charge in [-0.05, 0) is 56.7 Å². The molecular formula is C20H26N2O3. The summed E-state index contributed by atoms with van der Waals surface area (Å²) in [6.07, 6.45) is 1.09. The molecule has 0 atom stereocenters. The van der Waals surface area contributed by atoms with E-state index in [0.717, 1.165) is 29.3 Å². The standard InChI is InChI=1S/C20H26N2O3/c1-4-12-24-19-7-5-6-17(13-19)21-14-20(23)22-16-8-10-18(11-9-16)25-15(2)3/h5-11,13,15,21H,4,12,14H2,1-3H3,(H,22,23). The zero-order valence-corrected chi connectivity index (χ0v) is 15.0. The number of nitrogens with one attached hydrogen (secondary N) is 2. The lowest BCUT2D eigenvalue weighted by Crippen LogP contribution is -2.21. The molecule has 1 amide bonds. The number of carbonyl (C=O) groups is 1. The van der Waals surface area contributed by atoms with E-state index in [1.807, 2.05) is 62.4 Å². The number of amides is 1. The Balaban J connectivity index is 1.82. The second kappa shape index (κ2) is 9.57. The summed E-state index contributed by atoms with van der Waals surface area (Å²) in [5.41, 5.74) is 1.59. The molecule has 0 aromatic heterocycles. The number of carbonyl (C=O) groups excluding carboxylic acids is 1. The van der Waals surface area contributed by atoms with Crippen LogP contribution in [-0.4, -0.2) is 25.2 Å². The number of anilines is 2. The van der Waals surface area contributed by atoms with Crippen molar-refractivity contribution in [1.82, 2.24) is 0 Å². The first-order valence-corrected chi connectivity index (χ1v) is 8.60. The minimum absolute atomic E-state index is 0.114. The van der Waals surface area contributed by atoms with Gasteiger partial charge in [-0.1, -0.05) is 13.0 Å². The van der Waals surface area contributed by atoms with Gasteiger partial charge in [0.1, 0.15) is 11.5 Å². The van der Waals surface area contributed by atoms with Crippen LogP contribution in [0.1, 0.15) is 27.2 Å². The average molecular weight is 342 g/mol. The normalized spacial score (nSPS) is 10.4. The second-order valence-corrected chi connectivity index (χ2v) is 5.97. The first-order chi connectivity index (χ1) is 12.1. The topological polar surface area (TPSA) is 59.6 Å². The van der Waals surface area contributed by atoms with Crippen molar-refractivity contribution < 1.29 is 14.3 Å². The van der Waals surface area contributed by atoms with Gasteiger partial charge in [-0.3, -0.25) is 4.79 Å². The van der Waals surface area contributed by atoms with Crippen molar-refractivity contribution in [1.29, 1.82) is 0 Å². The zero-order valence-electron chi connectivity index (χ0n) is 15.0. The van der Waals surface area contributed by atoms with E-state index in [-0.39, 0.29) is 18.6 Å². The monoisotopic (exact) mass is 342 g/mol. The minimum atomic E-state index is -0.114. The molecule has 0 aliphatic carbocycles. The largest absolute Gasteiger partial charge is 0.494 e. The minimum Gasteiger partial charge on any atom is -0.494 e. The van der Waals surface area contributed by atoms with Gasteiger partial charge < -0.3 is 20.1 Å². The number of hydrogen-bond donors (Lipinski definition) is 2. The van der Waals surface area contributed by atoms with Gasteiger partial charge >= 0.3 is 0 Å². The highest BCUT2D eigenvalue weighted by Gasteiger charge is 2.04. The first-order valence-electron chi connectivity index (χ1n) is 8.60. The van der Waals surface area contributed by atoms with E-state index in [0.29, 0.717) is 6.61 Å². The summed E-state index contributed by atoms with van der Waals surface area (Å²) in [4.78, 5) is 12.1. The SMILES string of the molecule is CCCOc1cccc(NCC(=O)Nc2ccc(OC(C)C)cc2)c1. The van der Waals surface area contributed by atoms with Gasteiger partial charge in [-0.25, -0.2) is 0 Å². The van der Waals surface area contributed by atoms with Crippen molar-refractivity contribution in [2.75, 3.05) is 23.8 Å². The second-order valence-electron chi connectivity index (χ2n) is 5.97. The van der Waals surface area contributed by atoms with Gasteiger partial charge in [-0.2, -0.15) is 0 Å². The molecule has 2 rings (SSSR count). The number of rotatable bonds is 9. The highest BCUT2D eigenvalue weighted by atomic mass is 16.5. The summed E-state index contributed by atoms with van der Waals surface area (Å²) in [5.74, 6) is 1.47. The lowest BCUT2D eigenvalue weighted by molar-refractivity contribution is -0.114. The van der Waals surface area contributed by atoms with Crippen LogP contribution in [0, 0.1) is 0 Å². The molecule has 0 fully saturated rings. The van der Waals surface area contributed by atoms with Crippen molar-refractivity contribution in [3.63, 3.8) is 0 Å². The average Bonchev–Trinajstić information content (AvgIpc) is 2.60. The number of hydrogen-bond acceptors (Lipinski definition) is 4. The third-order valence-electron chi connectivity index (χ3n) is 3.27. The van der Waals surface area contributed by atoms with E-state index in [9.17, 15) is 4.79 Å². The molecule has 2 aromatic carbocycles. The maximum Gasteiger partial charge on any atom is 0.243 e.